The number of nitrogens with one attached hydrogen (secondary N) is 1. The highest BCUT2D eigenvalue weighted by atomic mass is 31.2. The van der Waals surface area contributed by atoms with Crippen LogP contribution in [0.1, 0.15) is 219 Å². The number of nitrogens with two attached hydrogens (primary N) is 1. The predicted molar refractivity (Wildman–Crippen MR) is 244 cm³/mol. The number of hydrogen-bond donors (Lipinski definition) is 4. The second-order valence-electron chi connectivity index (χ2n) is 16.0. The summed E-state index contributed by atoms with van der Waals surface area (Å²) in [6.07, 6.45) is 54.5. The Labute approximate surface area is 352 Å². The van der Waals surface area contributed by atoms with Gasteiger partial charge in [-0.25, -0.2) is 4.57 Å². The number of aliphatic hydroxyl groups excluding tert-OH is 1. The molecule has 1 amide bonds. The predicted octanol–water partition coefficient (Wildman–Crippen LogP) is 13.7. The molecule has 0 aliphatic heterocycles. The number of aliphatic hydroxyl groups is 1. The minimum Gasteiger partial charge on any atom is -0.387 e. The first-order valence-corrected chi connectivity index (χ1v) is 25.3. The molecule has 0 bridgehead atoms. The Hall–Kier alpha value is -1.54. The molecule has 0 aliphatic carbocycles. The van der Waals surface area contributed by atoms with Crippen molar-refractivity contribution in [2.75, 3.05) is 19.8 Å². The van der Waals surface area contributed by atoms with E-state index in [9.17, 15) is 19.4 Å². The summed E-state index contributed by atoms with van der Waals surface area (Å²) in [5.74, 6) is -0.212. The van der Waals surface area contributed by atoms with Crippen molar-refractivity contribution < 1.29 is 28.4 Å². The molecule has 0 aliphatic rings. The van der Waals surface area contributed by atoms with Crippen LogP contribution in [0.4, 0.5) is 0 Å². The maximum absolute atomic E-state index is 12.8. The van der Waals surface area contributed by atoms with Gasteiger partial charge in [-0.15, -0.1) is 0 Å². The van der Waals surface area contributed by atoms with Crippen molar-refractivity contribution in [1.29, 1.82) is 0 Å². The van der Waals surface area contributed by atoms with Crippen molar-refractivity contribution in [3.8, 4) is 0 Å². The van der Waals surface area contributed by atoms with E-state index in [4.69, 9.17) is 14.8 Å². The van der Waals surface area contributed by atoms with Crippen LogP contribution in [0, 0.1) is 0 Å². The molecular weight excluding hydrogens is 732 g/mol. The summed E-state index contributed by atoms with van der Waals surface area (Å²) in [7, 11) is -4.35. The van der Waals surface area contributed by atoms with E-state index < -0.39 is 20.0 Å². The zero-order valence-electron chi connectivity index (χ0n) is 37.1. The van der Waals surface area contributed by atoms with Gasteiger partial charge in [-0.05, 0) is 64.2 Å². The molecule has 0 spiro atoms. The van der Waals surface area contributed by atoms with Crippen LogP contribution in [0.15, 0.2) is 48.6 Å². The molecule has 5 N–H and O–H groups in total. The number of allylic oxidation sites excluding steroid dienone is 7. The molecule has 0 aromatic heterocycles. The molecule has 3 unspecified atom stereocenters. The molecule has 8 nitrogen and oxygen atoms in total. The van der Waals surface area contributed by atoms with Gasteiger partial charge in [-0.2, -0.15) is 0 Å². The van der Waals surface area contributed by atoms with Gasteiger partial charge in [0.05, 0.1) is 25.4 Å². The van der Waals surface area contributed by atoms with Crippen LogP contribution in [0.25, 0.3) is 0 Å². The second kappa shape index (κ2) is 44.0. The largest absolute Gasteiger partial charge is 0.472 e. The minimum absolute atomic E-state index is 0.0715. The van der Waals surface area contributed by atoms with Crippen molar-refractivity contribution >= 4 is 13.7 Å². The number of carbonyl (C=O) groups excluding carboxylic acids is 1. The lowest BCUT2D eigenvalue weighted by atomic mass is 10.0. The lowest BCUT2D eigenvalue weighted by molar-refractivity contribution is -0.123. The number of amides is 1. The summed E-state index contributed by atoms with van der Waals surface area (Å²) < 4.78 is 22.2. The van der Waals surface area contributed by atoms with Crippen molar-refractivity contribution in [1.82, 2.24) is 5.32 Å². The number of rotatable bonds is 44. The maximum Gasteiger partial charge on any atom is 0.472 e. The van der Waals surface area contributed by atoms with Gasteiger partial charge < -0.3 is 21.1 Å². The summed E-state index contributed by atoms with van der Waals surface area (Å²) in [5, 5.41) is 13.7. The zero-order chi connectivity index (χ0) is 41.8. The van der Waals surface area contributed by atoms with Crippen LogP contribution < -0.4 is 11.1 Å². The van der Waals surface area contributed by atoms with Crippen LogP contribution >= 0.6 is 7.82 Å². The highest BCUT2D eigenvalue weighted by molar-refractivity contribution is 7.47. The maximum atomic E-state index is 12.8. The Morgan fingerprint density at radius 3 is 1.47 bits per heavy atom. The third-order valence-corrected chi connectivity index (χ3v) is 11.4. The van der Waals surface area contributed by atoms with E-state index in [2.05, 4.69) is 55.6 Å². The number of phosphoric ester groups is 1. The van der Waals surface area contributed by atoms with Crippen molar-refractivity contribution in [3.05, 3.63) is 48.6 Å². The van der Waals surface area contributed by atoms with E-state index in [0.29, 0.717) is 6.42 Å². The average Bonchev–Trinajstić information content (AvgIpc) is 3.20. The third kappa shape index (κ3) is 42.4. The van der Waals surface area contributed by atoms with E-state index in [1.807, 2.05) is 6.08 Å². The normalized spacial score (nSPS) is 14.4. The molecule has 0 saturated heterocycles. The number of hydrogen-bond acceptors (Lipinski definition) is 6. The monoisotopic (exact) mass is 823 g/mol. The molecule has 3 atom stereocenters. The fourth-order valence-corrected chi connectivity index (χ4v) is 7.53. The molecule has 0 rings (SSSR count). The van der Waals surface area contributed by atoms with E-state index in [-0.39, 0.29) is 25.7 Å². The van der Waals surface area contributed by atoms with Gasteiger partial charge in [0.15, 0.2) is 0 Å². The van der Waals surface area contributed by atoms with Gasteiger partial charge in [0, 0.05) is 13.0 Å². The smallest absolute Gasteiger partial charge is 0.387 e. The van der Waals surface area contributed by atoms with Crippen LogP contribution in [-0.2, 0) is 18.4 Å². The number of carbonyl (C=O) groups is 1. The van der Waals surface area contributed by atoms with Crippen LogP contribution in [0.5, 0.6) is 0 Å². The van der Waals surface area contributed by atoms with Gasteiger partial charge in [0.2, 0.25) is 5.91 Å². The average molecular weight is 823 g/mol. The Balaban J connectivity index is 4.22. The number of phosphoric acid groups is 1. The molecule has 0 heterocycles. The fraction of sp³-hybridized carbons (Fsp3) is 0.812. The first kappa shape index (κ1) is 55.5. The second-order valence-corrected chi connectivity index (χ2v) is 17.4. The molecule has 57 heavy (non-hydrogen) atoms. The molecule has 0 saturated carbocycles. The van der Waals surface area contributed by atoms with E-state index in [1.54, 1.807) is 6.08 Å². The quantitative estimate of drug-likeness (QED) is 0.0273. The molecule has 0 aromatic carbocycles. The van der Waals surface area contributed by atoms with Gasteiger partial charge in [0.25, 0.3) is 0 Å². The first-order chi connectivity index (χ1) is 27.9. The molecule has 0 radical (unpaired) electrons. The van der Waals surface area contributed by atoms with Crippen molar-refractivity contribution in [2.45, 2.75) is 231 Å². The van der Waals surface area contributed by atoms with E-state index >= 15 is 0 Å². The molecule has 0 fully saturated rings. The minimum atomic E-state index is -4.35. The van der Waals surface area contributed by atoms with Gasteiger partial charge >= 0.3 is 7.82 Å². The van der Waals surface area contributed by atoms with Gasteiger partial charge in [-0.3, -0.25) is 13.8 Å². The third-order valence-electron chi connectivity index (χ3n) is 10.4. The Bertz CT molecular complexity index is 1030. The zero-order valence-corrected chi connectivity index (χ0v) is 38.0. The molecule has 334 valence electrons. The van der Waals surface area contributed by atoms with E-state index in [1.165, 1.54) is 141 Å². The molecule has 0 aromatic rings. The fourth-order valence-electron chi connectivity index (χ4n) is 6.77. The first-order valence-electron chi connectivity index (χ1n) is 23.8. The Morgan fingerprint density at radius 2 is 0.982 bits per heavy atom. The van der Waals surface area contributed by atoms with Crippen molar-refractivity contribution in [3.63, 3.8) is 0 Å². The van der Waals surface area contributed by atoms with Crippen LogP contribution in [0.2, 0.25) is 0 Å². The standard InChI is InChI=1S/C48H91N2O6P/c1-3-5-7-9-11-13-15-17-19-21-23-24-25-27-29-31-33-35-37-39-41-47(51)46(45-56-57(53,54)55-44-43-49)50-48(52)42-40-38-36-34-32-30-28-26-22-20-18-16-14-12-10-8-6-4-2/h14,16,20,22,31,33,39,41,46-47,51H,3-13,15,17-19,21,23-30,32,34-38,40,42-45,49H2,1-2H3,(H,50,52)(H,53,54)/b16-14-,22-20-,33-31+,41-39+. The lowest BCUT2D eigenvalue weighted by Gasteiger charge is -2.23. The van der Waals surface area contributed by atoms with Crippen molar-refractivity contribution in [2.24, 2.45) is 5.73 Å². The summed E-state index contributed by atoms with van der Waals surface area (Å²) in [5.41, 5.74) is 5.38. The number of unbranched alkanes of at least 4 members (excludes halogenated alkanes) is 26. The summed E-state index contributed by atoms with van der Waals surface area (Å²) in [6.45, 7) is 4.10. The summed E-state index contributed by atoms with van der Waals surface area (Å²) in [4.78, 5) is 22.7. The van der Waals surface area contributed by atoms with Crippen LogP contribution in [-0.4, -0.2) is 47.8 Å². The SMILES string of the molecule is CCCCCC/C=C\C/C=C\CCCCCCCCCC(=O)NC(COP(=O)(O)OCCN)C(O)/C=C/CC/C=C/CCCCCCCCCCCCCCCC. The lowest BCUT2D eigenvalue weighted by Crippen LogP contribution is -2.45. The topological polar surface area (TPSA) is 131 Å². The molecular formula is C48H91N2O6P. The van der Waals surface area contributed by atoms with Gasteiger partial charge in [-0.1, -0.05) is 197 Å². The highest BCUT2D eigenvalue weighted by Gasteiger charge is 2.26. The summed E-state index contributed by atoms with van der Waals surface area (Å²) in [6, 6.07) is -0.882. The van der Waals surface area contributed by atoms with E-state index in [0.717, 1.165) is 57.8 Å². The van der Waals surface area contributed by atoms with Crippen LogP contribution in [0.3, 0.4) is 0 Å². The summed E-state index contributed by atoms with van der Waals surface area (Å²) >= 11 is 0. The highest BCUT2D eigenvalue weighted by Crippen LogP contribution is 2.43. The Morgan fingerprint density at radius 1 is 0.579 bits per heavy atom. The van der Waals surface area contributed by atoms with Gasteiger partial charge in [0.1, 0.15) is 0 Å². The Kier molecular flexibility index (Phi) is 42.8. The molecule has 9 heteroatoms.